The molecule has 1 unspecified atom stereocenters. The minimum atomic E-state index is -1.35. The number of aliphatic carboxylic acids is 1. The highest BCUT2D eigenvalue weighted by Gasteiger charge is 2.62. The Hall–Kier alpha value is -3.87. The van der Waals surface area contributed by atoms with Crippen LogP contribution in [0.2, 0.25) is 0 Å². The van der Waals surface area contributed by atoms with Crippen LogP contribution >= 0.6 is 0 Å². The van der Waals surface area contributed by atoms with E-state index in [4.69, 9.17) is 9.15 Å². The zero-order valence-electron chi connectivity index (χ0n) is 26.2. The summed E-state index contributed by atoms with van der Waals surface area (Å²) in [5.41, 5.74) is 0.738. The molecule has 6 rings (SSSR count). The number of fused-ring (bicyclic) bond motifs is 3. The molecule has 4 aliphatic carbocycles. The zero-order valence-corrected chi connectivity index (χ0v) is 26.2. The van der Waals surface area contributed by atoms with Gasteiger partial charge >= 0.3 is 5.97 Å². The number of carboxylic acid groups (broad SMARTS) is 1. The van der Waals surface area contributed by atoms with Crippen molar-refractivity contribution in [2.45, 2.75) is 71.6 Å². The molecule has 1 aromatic carbocycles. The molecule has 232 valence electrons. The van der Waals surface area contributed by atoms with E-state index in [1.807, 2.05) is 6.92 Å². The fourth-order valence-electron chi connectivity index (χ4n) is 9.31. The maximum Gasteiger partial charge on any atom is 0.307 e. The number of carbonyl (C=O) groups excluding carboxylic acids is 1. The average molecular weight is 599 g/mol. The van der Waals surface area contributed by atoms with Crippen molar-refractivity contribution in [3.05, 3.63) is 87.5 Å². The molecule has 0 saturated heterocycles. The molecule has 1 aromatic heterocycles. The third-order valence-corrected chi connectivity index (χ3v) is 11.6. The van der Waals surface area contributed by atoms with Crippen LogP contribution in [0.25, 0.3) is 11.0 Å². The molecule has 6 atom stereocenters. The van der Waals surface area contributed by atoms with Gasteiger partial charge in [-0.3, -0.25) is 14.4 Å². The molecule has 2 aromatic rings. The zero-order chi connectivity index (χ0) is 31.8. The molecule has 7 heteroatoms. The van der Waals surface area contributed by atoms with E-state index >= 15 is 0 Å². The van der Waals surface area contributed by atoms with E-state index in [0.29, 0.717) is 36.0 Å². The Morgan fingerprint density at radius 2 is 1.86 bits per heavy atom. The minimum absolute atomic E-state index is 0.0382. The van der Waals surface area contributed by atoms with Crippen LogP contribution in [0.4, 0.5) is 0 Å². The van der Waals surface area contributed by atoms with Gasteiger partial charge in [0.1, 0.15) is 28.3 Å². The number of ketones is 1. The quantitative estimate of drug-likeness (QED) is 0.349. The Bertz CT molecular complexity index is 1740. The number of hydrogen-bond acceptors (Lipinski definition) is 6. The lowest BCUT2D eigenvalue weighted by molar-refractivity contribution is -0.150. The highest BCUT2D eigenvalue weighted by Crippen LogP contribution is 2.63. The first-order chi connectivity index (χ1) is 20.7. The molecule has 0 radical (unpaired) electrons. The Balaban J connectivity index is 1.61. The van der Waals surface area contributed by atoms with Crippen molar-refractivity contribution in [2.75, 3.05) is 7.11 Å². The van der Waals surface area contributed by atoms with Crippen LogP contribution in [0.3, 0.4) is 0 Å². The smallest absolute Gasteiger partial charge is 0.307 e. The fourth-order valence-corrected chi connectivity index (χ4v) is 9.31. The highest BCUT2D eigenvalue weighted by atomic mass is 16.5. The van der Waals surface area contributed by atoms with Gasteiger partial charge in [0.05, 0.1) is 18.4 Å². The molecule has 2 N–H and O–H groups in total. The van der Waals surface area contributed by atoms with Crippen molar-refractivity contribution in [2.24, 2.45) is 34.5 Å². The second-order valence-corrected chi connectivity index (χ2v) is 14.2. The van der Waals surface area contributed by atoms with Gasteiger partial charge in [-0.1, -0.05) is 57.1 Å². The molecule has 1 heterocycles. The van der Waals surface area contributed by atoms with Crippen LogP contribution in [0.1, 0.15) is 72.0 Å². The second-order valence-electron chi connectivity index (χ2n) is 14.2. The monoisotopic (exact) mass is 598 g/mol. The standard InChI is InChI=1S/C37H42O7/c1-20-9-12-24-21(2)30(43-6)18-32(40)37(24,33-17-29(39)23-11-10-22(38)16-31(23)44-33)28(20)19-36(5)26-8-7-15-35(3,4)25(26)13-14-27(36)34(41)42/h9-11,13,16-18,24,26-28,38H,2,7-8,12,14-15,19H2,1,3-6H3,(H,41,42)/t24-,26-,27?,28+,36+,37-/m1/s1. The minimum Gasteiger partial charge on any atom is -0.508 e. The van der Waals surface area contributed by atoms with Gasteiger partial charge in [-0.15, -0.1) is 0 Å². The molecular formula is C37H42O7. The lowest BCUT2D eigenvalue weighted by atomic mass is 9.46. The van der Waals surface area contributed by atoms with Crippen molar-refractivity contribution < 1.29 is 29.0 Å². The van der Waals surface area contributed by atoms with Crippen LogP contribution < -0.4 is 5.43 Å². The maximum absolute atomic E-state index is 14.7. The predicted molar refractivity (Wildman–Crippen MR) is 168 cm³/mol. The van der Waals surface area contributed by atoms with E-state index < -0.39 is 34.6 Å². The summed E-state index contributed by atoms with van der Waals surface area (Å²) in [5.74, 6) is -2.07. The number of allylic oxidation sites excluding steroid dienone is 6. The predicted octanol–water partition coefficient (Wildman–Crippen LogP) is 7.24. The van der Waals surface area contributed by atoms with E-state index in [9.17, 15) is 24.6 Å². The maximum atomic E-state index is 14.7. The van der Waals surface area contributed by atoms with Gasteiger partial charge in [0.2, 0.25) is 0 Å². The van der Waals surface area contributed by atoms with Gasteiger partial charge in [0, 0.05) is 30.0 Å². The number of hydrogen-bond donors (Lipinski definition) is 2. The molecule has 0 amide bonds. The summed E-state index contributed by atoms with van der Waals surface area (Å²) >= 11 is 0. The lowest BCUT2D eigenvalue weighted by Gasteiger charge is -2.57. The normalized spacial score (nSPS) is 33.1. The summed E-state index contributed by atoms with van der Waals surface area (Å²) in [6, 6.07) is 5.77. The summed E-state index contributed by atoms with van der Waals surface area (Å²) < 4.78 is 12.1. The van der Waals surface area contributed by atoms with Crippen molar-refractivity contribution in [3.63, 3.8) is 0 Å². The Morgan fingerprint density at radius 1 is 1.11 bits per heavy atom. The van der Waals surface area contributed by atoms with Gasteiger partial charge in [0.25, 0.3) is 0 Å². The summed E-state index contributed by atoms with van der Waals surface area (Å²) in [4.78, 5) is 41.2. The van der Waals surface area contributed by atoms with E-state index in [0.717, 1.165) is 24.8 Å². The molecule has 4 aliphatic rings. The van der Waals surface area contributed by atoms with Crippen LogP contribution in [0.15, 0.2) is 80.8 Å². The molecule has 1 fully saturated rings. The first kappa shape index (κ1) is 30.2. The van der Waals surface area contributed by atoms with Crippen LogP contribution in [0, 0.1) is 34.5 Å². The number of phenols is 1. The number of benzene rings is 1. The van der Waals surface area contributed by atoms with Crippen LogP contribution in [-0.2, 0) is 19.7 Å². The summed E-state index contributed by atoms with van der Waals surface area (Å²) in [6.07, 6.45) is 10.0. The van der Waals surface area contributed by atoms with Crippen molar-refractivity contribution in [3.8, 4) is 5.75 Å². The van der Waals surface area contributed by atoms with Gasteiger partial charge in [-0.25, -0.2) is 0 Å². The largest absolute Gasteiger partial charge is 0.508 e. The molecule has 1 saturated carbocycles. The number of aromatic hydroxyl groups is 1. The number of phenolic OH excluding ortho intramolecular Hbond substituents is 1. The first-order valence-corrected chi connectivity index (χ1v) is 15.6. The Labute approximate surface area is 258 Å². The second kappa shape index (κ2) is 10.4. The lowest BCUT2D eigenvalue weighted by Crippen LogP contribution is -2.57. The number of ether oxygens (including phenoxy) is 1. The van der Waals surface area contributed by atoms with E-state index in [-0.39, 0.29) is 39.6 Å². The topological polar surface area (TPSA) is 114 Å². The van der Waals surface area contributed by atoms with Crippen molar-refractivity contribution in [1.29, 1.82) is 0 Å². The van der Waals surface area contributed by atoms with Gasteiger partial charge in [0.15, 0.2) is 11.2 Å². The number of rotatable bonds is 5. The van der Waals surface area contributed by atoms with E-state index in [1.54, 1.807) is 0 Å². The summed E-state index contributed by atoms with van der Waals surface area (Å²) in [7, 11) is 1.51. The first-order valence-electron chi connectivity index (χ1n) is 15.6. The SMILES string of the molecule is C=C1C(OC)=CC(=O)[C@@]2(c3cc(=O)c4ccc(O)cc4o3)[C@@H]1CC=C(C)[C@@H]2C[C@]1(C)C(C(=O)O)CC=C2[C@H]1CCCC2(C)C. The number of methoxy groups -OCH3 is 1. The molecule has 0 aliphatic heterocycles. The molecular weight excluding hydrogens is 556 g/mol. The van der Waals surface area contributed by atoms with E-state index in [1.165, 1.54) is 43.0 Å². The van der Waals surface area contributed by atoms with Gasteiger partial charge < -0.3 is 19.4 Å². The van der Waals surface area contributed by atoms with Gasteiger partial charge in [-0.05, 0) is 73.5 Å². The molecule has 0 spiro atoms. The van der Waals surface area contributed by atoms with Crippen molar-refractivity contribution in [1.82, 2.24) is 0 Å². The summed E-state index contributed by atoms with van der Waals surface area (Å²) in [6.45, 7) is 13.0. The van der Waals surface area contributed by atoms with Gasteiger partial charge in [-0.2, -0.15) is 0 Å². The van der Waals surface area contributed by atoms with Crippen LogP contribution in [-0.4, -0.2) is 29.1 Å². The Kier molecular flexibility index (Phi) is 7.10. The molecule has 44 heavy (non-hydrogen) atoms. The highest BCUT2D eigenvalue weighted by molar-refractivity contribution is 6.03. The van der Waals surface area contributed by atoms with E-state index in [2.05, 4.69) is 39.5 Å². The molecule has 0 bridgehead atoms. The number of carboxylic acids is 1. The average Bonchev–Trinajstić information content (AvgIpc) is 2.95. The fraction of sp³-hybridized carbons (Fsp3) is 0.486. The number of carbonyl (C=O) groups is 2. The Morgan fingerprint density at radius 3 is 2.57 bits per heavy atom. The summed E-state index contributed by atoms with van der Waals surface area (Å²) in [5, 5.41) is 21.2. The van der Waals surface area contributed by atoms with Crippen LogP contribution in [0.5, 0.6) is 5.75 Å². The third kappa shape index (κ3) is 4.26. The molecule has 7 nitrogen and oxygen atoms in total. The third-order valence-electron chi connectivity index (χ3n) is 11.6. The van der Waals surface area contributed by atoms with Crippen molar-refractivity contribution >= 4 is 22.7 Å².